The van der Waals surface area contributed by atoms with Gasteiger partial charge in [0.2, 0.25) is 24.4 Å². The highest BCUT2D eigenvalue weighted by Gasteiger charge is 2.66. The molecule has 1 aromatic rings. The van der Waals surface area contributed by atoms with Gasteiger partial charge >= 0.3 is 0 Å². The molecule has 0 unspecified atom stereocenters. The Morgan fingerprint density at radius 2 is 0.595 bits per heavy atom. The van der Waals surface area contributed by atoms with E-state index in [2.05, 4.69) is 0 Å². The number of alkyl halides is 21. The number of hydrogen-bond acceptors (Lipinski definition) is 0. The summed E-state index contributed by atoms with van der Waals surface area (Å²) in [4.78, 5) is 0. The summed E-state index contributed by atoms with van der Waals surface area (Å²) in [6.45, 7) is 0. The van der Waals surface area contributed by atoms with Gasteiger partial charge in [0, 0.05) is 11.1 Å². The van der Waals surface area contributed by atoms with Gasteiger partial charge in [0.15, 0.2) is 18.7 Å². The molecule has 0 aromatic heterocycles. The predicted octanol–water partition coefficient (Wildman–Crippen LogP) is 14.4. The lowest BCUT2D eigenvalue weighted by Crippen LogP contribution is -2.48. The van der Waals surface area contributed by atoms with Gasteiger partial charge in [0.05, 0.1) is 0 Å². The first-order chi connectivity index (χ1) is 15.7. The summed E-state index contributed by atoms with van der Waals surface area (Å²) >= 11 is 128. The SMILES string of the molecule is [O]c1c(C(Cl)(Cl)C(Cl)(Cl)C(Cl)(Cl)Cl)cc(C(Cl)(Cl)C(Cl)(Cl)C(Cl)(Cl)Cl)cc1C(Cl)(Cl)C(Cl)(Cl)C(Cl)(Cl)Cl. The second kappa shape index (κ2) is 12.4. The van der Waals surface area contributed by atoms with E-state index in [-0.39, 0.29) is 0 Å². The summed E-state index contributed by atoms with van der Waals surface area (Å²) in [6, 6.07) is 1.56. The van der Waals surface area contributed by atoms with Crippen LogP contribution in [0, 0.1) is 0 Å². The molecule has 0 aliphatic carbocycles. The molecule has 0 saturated carbocycles. The van der Waals surface area contributed by atoms with Gasteiger partial charge < -0.3 is 0 Å². The van der Waals surface area contributed by atoms with Crippen molar-refractivity contribution in [3.8, 4) is 5.75 Å². The molecule has 0 bridgehead atoms. The van der Waals surface area contributed by atoms with Gasteiger partial charge in [-0.2, -0.15) is 0 Å². The van der Waals surface area contributed by atoms with Gasteiger partial charge in [-0.15, -0.1) is 0 Å². The Balaban J connectivity index is 4.35. The van der Waals surface area contributed by atoms with Crippen molar-refractivity contribution in [1.82, 2.24) is 0 Å². The summed E-state index contributed by atoms with van der Waals surface area (Å²) in [5.74, 6) is -1.29. The van der Waals surface area contributed by atoms with Crippen molar-refractivity contribution in [2.75, 3.05) is 0 Å². The second-order valence-electron chi connectivity index (χ2n) is 6.84. The van der Waals surface area contributed by atoms with E-state index >= 15 is 0 Å². The van der Waals surface area contributed by atoms with Crippen LogP contribution in [-0.2, 0) is 18.1 Å². The average molecular weight is 943 g/mol. The van der Waals surface area contributed by atoms with E-state index in [0.29, 0.717) is 0 Å². The fourth-order valence-corrected chi connectivity index (χ4v) is 6.73. The Labute approximate surface area is 316 Å². The first-order valence-corrected chi connectivity index (χ1v) is 16.0. The average Bonchev–Trinajstić information content (AvgIpc) is 2.64. The zero-order chi connectivity index (χ0) is 30.2. The van der Waals surface area contributed by atoms with Crippen LogP contribution >= 0.6 is 244 Å². The molecule has 37 heavy (non-hydrogen) atoms. The smallest absolute Gasteiger partial charge is 0.226 e. The van der Waals surface area contributed by atoms with Gasteiger partial charge in [0.1, 0.15) is 0 Å². The van der Waals surface area contributed by atoms with Crippen LogP contribution in [0.3, 0.4) is 0 Å². The predicted molar refractivity (Wildman–Crippen MR) is 171 cm³/mol. The zero-order valence-corrected chi connectivity index (χ0v) is 31.9. The van der Waals surface area contributed by atoms with Crippen LogP contribution in [0.25, 0.3) is 0 Å². The van der Waals surface area contributed by atoms with E-state index in [9.17, 15) is 5.11 Å². The largest absolute Gasteiger partial charge is 0.289 e. The van der Waals surface area contributed by atoms with Crippen molar-refractivity contribution < 1.29 is 5.11 Å². The summed E-state index contributed by atoms with van der Waals surface area (Å²) in [5, 5.41) is 13.7. The highest BCUT2D eigenvalue weighted by Crippen LogP contribution is 2.67. The topological polar surface area (TPSA) is 19.9 Å². The Kier molecular flexibility index (Phi) is 13.4. The molecule has 22 heteroatoms. The normalized spacial score (nSPS) is 15.8. The number of benzene rings is 1. The molecule has 0 N–H and O–H groups in total. The van der Waals surface area contributed by atoms with Gasteiger partial charge in [-0.25, -0.2) is 0 Å². The van der Waals surface area contributed by atoms with Crippen molar-refractivity contribution >= 4 is 244 Å². The van der Waals surface area contributed by atoms with E-state index in [0.717, 1.165) is 12.1 Å². The van der Waals surface area contributed by atoms with Crippen molar-refractivity contribution in [2.45, 2.75) is 37.4 Å². The van der Waals surface area contributed by atoms with Crippen LogP contribution in [0.15, 0.2) is 12.1 Å². The maximum atomic E-state index is 13.7. The zero-order valence-electron chi connectivity index (χ0n) is 16.0. The maximum absolute atomic E-state index is 13.7. The van der Waals surface area contributed by atoms with Crippen LogP contribution in [0.2, 0.25) is 0 Å². The van der Waals surface area contributed by atoms with Crippen LogP contribution < -0.4 is 0 Å². The van der Waals surface area contributed by atoms with Crippen LogP contribution in [0.1, 0.15) is 16.7 Å². The lowest BCUT2D eigenvalue weighted by molar-refractivity contribution is 0.338. The Morgan fingerprint density at radius 3 is 0.811 bits per heavy atom. The van der Waals surface area contributed by atoms with E-state index in [1.807, 2.05) is 0 Å². The Morgan fingerprint density at radius 1 is 0.378 bits per heavy atom. The fourth-order valence-electron chi connectivity index (χ4n) is 2.33. The van der Waals surface area contributed by atoms with Crippen LogP contribution in [-0.4, -0.2) is 24.4 Å². The molecule has 0 aliphatic rings. The van der Waals surface area contributed by atoms with Crippen molar-refractivity contribution in [3.63, 3.8) is 0 Å². The quantitative estimate of drug-likeness (QED) is 0.253. The standard InChI is InChI=1S/C15H2Cl21O/c16-7(17,10(22,23)13(28,29)30)3-1-4(8(18,19)11(24,25)14(31,32)33)6(37)5(2-3)9(20,21)12(26,27)15(34,35)36/h1-2H. The Bertz CT molecular complexity index is 949. The lowest BCUT2D eigenvalue weighted by atomic mass is 9.94. The van der Waals surface area contributed by atoms with Gasteiger partial charge in [-0.3, -0.25) is 5.11 Å². The van der Waals surface area contributed by atoms with Crippen LogP contribution in [0.5, 0.6) is 5.75 Å². The molecule has 0 aliphatic heterocycles. The van der Waals surface area contributed by atoms with Crippen molar-refractivity contribution in [3.05, 3.63) is 28.8 Å². The fraction of sp³-hybridized carbons (Fsp3) is 0.600. The monoisotopic (exact) mass is 932 g/mol. The number of rotatable bonds is 6. The molecule has 0 atom stereocenters. The highest BCUT2D eigenvalue weighted by molar-refractivity contribution is 6.80. The maximum Gasteiger partial charge on any atom is 0.226 e. The molecule has 1 aromatic carbocycles. The molecule has 0 spiro atoms. The third kappa shape index (κ3) is 7.25. The molecule has 1 radical (unpaired) electrons. The molecule has 1 rings (SSSR count). The molecule has 215 valence electrons. The van der Waals surface area contributed by atoms with Gasteiger partial charge in [-0.1, -0.05) is 244 Å². The summed E-state index contributed by atoms with van der Waals surface area (Å²) in [6.07, 6.45) is 0. The van der Waals surface area contributed by atoms with Crippen molar-refractivity contribution in [2.24, 2.45) is 0 Å². The molecule has 0 saturated heterocycles. The lowest BCUT2D eigenvalue weighted by Gasteiger charge is -2.42. The van der Waals surface area contributed by atoms with Crippen LogP contribution in [0.4, 0.5) is 0 Å². The van der Waals surface area contributed by atoms with E-state index in [4.69, 9.17) is 244 Å². The van der Waals surface area contributed by atoms with Gasteiger partial charge in [0.25, 0.3) is 0 Å². The Hall–Kier alpha value is 5.11. The summed E-state index contributed by atoms with van der Waals surface area (Å²) < 4.78 is -24.6. The molecule has 1 nitrogen and oxygen atoms in total. The van der Waals surface area contributed by atoms with Crippen molar-refractivity contribution in [1.29, 1.82) is 0 Å². The highest BCUT2D eigenvalue weighted by atomic mass is 35.6. The minimum absolute atomic E-state index is 0.532. The third-order valence-corrected chi connectivity index (χ3v) is 16.2. The minimum atomic E-state index is -2.85. The number of hydrogen-bond donors (Lipinski definition) is 0. The van der Waals surface area contributed by atoms with E-state index in [1.54, 1.807) is 0 Å². The summed E-state index contributed by atoms with van der Waals surface area (Å²) in [5.41, 5.74) is -2.23. The van der Waals surface area contributed by atoms with E-state index < -0.39 is 59.8 Å². The second-order valence-corrected chi connectivity index (χ2v) is 21.6. The number of halogens is 21. The first kappa shape index (κ1) is 40.1. The molecule has 0 fully saturated rings. The first-order valence-electron chi connectivity index (χ1n) is 8.08. The molecular formula is C15H2Cl21O. The molecular weight excluding hydrogens is 941 g/mol. The molecule has 0 heterocycles. The van der Waals surface area contributed by atoms with E-state index in [1.165, 1.54) is 0 Å². The third-order valence-electron chi connectivity index (χ3n) is 4.38. The minimum Gasteiger partial charge on any atom is -0.289 e. The molecule has 0 amide bonds. The summed E-state index contributed by atoms with van der Waals surface area (Å²) in [7, 11) is 0. The van der Waals surface area contributed by atoms with Gasteiger partial charge in [-0.05, 0) is 17.7 Å².